The molecule has 75 heavy (non-hydrogen) atoms. The van der Waals surface area contributed by atoms with Gasteiger partial charge in [-0.2, -0.15) is 0 Å². The van der Waals surface area contributed by atoms with Crippen LogP contribution in [0.5, 0.6) is 0 Å². The van der Waals surface area contributed by atoms with Crippen LogP contribution in [0.2, 0.25) is 0 Å². The van der Waals surface area contributed by atoms with Crippen molar-refractivity contribution in [1.82, 2.24) is 5.32 Å². The number of carbonyl (C=O) groups excluding carboxylic acids is 1. The minimum atomic E-state index is -0.961. The number of aliphatic hydroxyl groups excluding tert-OH is 3. The lowest BCUT2D eigenvalue weighted by Gasteiger charge is -2.21. The van der Waals surface area contributed by atoms with E-state index in [-0.39, 0.29) is 18.9 Å². The van der Waals surface area contributed by atoms with E-state index in [4.69, 9.17) is 0 Å². The topological polar surface area (TPSA) is 89.8 Å². The van der Waals surface area contributed by atoms with Crippen LogP contribution in [0, 0.1) is 0 Å². The number of amides is 1. The average Bonchev–Trinajstić information content (AvgIpc) is 3.41. The molecule has 0 aliphatic rings. The van der Waals surface area contributed by atoms with E-state index in [1.807, 2.05) is 6.08 Å². The van der Waals surface area contributed by atoms with Crippen LogP contribution < -0.4 is 5.32 Å². The van der Waals surface area contributed by atoms with Crippen molar-refractivity contribution in [2.45, 2.75) is 398 Å². The fraction of sp³-hybridized carbons (Fsp3) is 0.900. The normalized spacial score (nSPS) is 13.3. The Morgan fingerprint density at radius 1 is 0.333 bits per heavy atom. The van der Waals surface area contributed by atoms with Crippen LogP contribution in [-0.2, 0) is 4.79 Å². The van der Waals surface area contributed by atoms with Gasteiger partial charge in [0.25, 0.3) is 0 Å². The smallest absolute Gasteiger partial charge is 0.222 e. The van der Waals surface area contributed by atoms with Gasteiger partial charge >= 0.3 is 0 Å². The Hall–Kier alpha value is -1.43. The summed E-state index contributed by atoms with van der Waals surface area (Å²) in [6.45, 7) is 4.25. The van der Waals surface area contributed by atoms with Crippen molar-refractivity contribution in [3.63, 3.8) is 0 Å². The zero-order valence-electron chi connectivity index (χ0n) is 51.0. The van der Waals surface area contributed by atoms with Gasteiger partial charge in [0.1, 0.15) is 0 Å². The summed E-state index contributed by atoms with van der Waals surface area (Å²) < 4.78 is 0. The lowest BCUT2D eigenvalue weighted by Crippen LogP contribution is -2.45. The SMILES string of the molecule is CCCCCCCCCCCCCCCCC/C=C/CC/C=C/CC/C=C/C(O)C(CO)NC(=O)CC(O)CCCCCCCCCCCCCCCCCCCCCCCCCCCCCCCCCCCCC. The van der Waals surface area contributed by atoms with E-state index < -0.39 is 18.2 Å². The van der Waals surface area contributed by atoms with E-state index in [1.165, 1.54) is 315 Å². The number of hydrogen-bond acceptors (Lipinski definition) is 4. The second kappa shape index (κ2) is 65.1. The predicted octanol–water partition coefficient (Wildman–Crippen LogP) is 22.1. The van der Waals surface area contributed by atoms with Crippen molar-refractivity contribution >= 4 is 5.91 Å². The van der Waals surface area contributed by atoms with Crippen molar-refractivity contribution in [3.8, 4) is 0 Å². The van der Waals surface area contributed by atoms with Crippen LogP contribution >= 0.6 is 0 Å². The van der Waals surface area contributed by atoms with Crippen molar-refractivity contribution in [2.75, 3.05) is 6.61 Å². The third-order valence-electron chi connectivity index (χ3n) is 16.2. The molecular formula is C70H135NO4. The molecule has 0 heterocycles. The zero-order valence-corrected chi connectivity index (χ0v) is 51.0. The molecule has 444 valence electrons. The van der Waals surface area contributed by atoms with Gasteiger partial charge in [0, 0.05) is 0 Å². The van der Waals surface area contributed by atoms with E-state index in [9.17, 15) is 20.1 Å². The molecule has 3 atom stereocenters. The Bertz CT molecular complexity index is 1170. The first kappa shape index (κ1) is 73.6. The van der Waals surface area contributed by atoms with E-state index in [0.29, 0.717) is 6.42 Å². The number of aliphatic hydroxyl groups is 3. The summed E-state index contributed by atoms with van der Waals surface area (Å²) in [5, 5.41) is 33.6. The van der Waals surface area contributed by atoms with Gasteiger partial charge in [-0.3, -0.25) is 4.79 Å². The molecule has 0 saturated carbocycles. The molecule has 0 aliphatic heterocycles. The summed E-state index contributed by atoms with van der Waals surface area (Å²) in [4.78, 5) is 12.6. The molecule has 0 aromatic carbocycles. The average molecular weight is 1050 g/mol. The first-order valence-electron chi connectivity index (χ1n) is 34.3. The molecule has 0 spiro atoms. The molecular weight excluding hydrogens is 919 g/mol. The van der Waals surface area contributed by atoms with Gasteiger partial charge in [0.15, 0.2) is 0 Å². The van der Waals surface area contributed by atoms with Crippen LogP contribution in [0.15, 0.2) is 36.5 Å². The number of unbranched alkanes of at least 4 members (excludes halogenated alkanes) is 51. The van der Waals surface area contributed by atoms with Crippen LogP contribution in [-0.4, -0.2) is 46.1 Å². The minimum absolute atomic E-state index is 0.00605. The van der Waals surface area contributed by atoms with E-state index >= 15 is 0 Å². The van der Waals surface area contributed by atoms with Gasteiger partial charge < -0.3 is 20.6 Å². The summed E-state index contributed by atoms with van der Waals surface area (Å²) >= 11 is 0. The third-order valence-corrected chi connectivity index (χ3v) is 16.2. The molecule has 0 aliphatic carbocycles. The molecule has 0 rings (SSSR count). The quantitative estimate of drug-likeness (QED) is 0.0361. The van der Waals surface area contributed by atoms with Crippen molar-refractivity contribution in [1.29, 1.82) is 0 Å². The highest BCUT2D eigenvalue weighted by Gasteiger charge is 2.20. The van der Waals surface area contributed by atoms with Gasteiger partial charge in [-0.1, -0.05) is 365 Å². The fourth-order valence-corrected chi connectivity index (χ4v) is 11.0. The first-order valence-corrected chi connectivity index (χ1v) is 34.3. The maximum atomic E-state index is 12.6. The second-order valence-corrected chi connectivity index (χ2v) is 23.8. The predicted molar refractivity (Wildman–Crippen MR) is 333 cm³/mol. The van der Waals surface area contributed by atoms with Crippen molar-refractivity contribution in [2.24, 2.45) is 0 Å². The Balaban J connectivity index is 3.51. The maximum Gasteiger partial charge on any atom is 0.222 e. The van der Waals surface area contributed by atoms with Crippen LogP contribution in [0.1, 0.15) is 380 Å². The highest BCUT2D eigenvalue weighted by atomic mass is 16.3. The van der Waals surface area contributed by atoms with Crippen molar-refractivity contribution in [3.05, 3.63) is 36.5 Å². The standard InChI is InChI=1S/C70H135NO4/c1-3-5-7-9-11-13-15-17-19-21-23-25-27-29-30-31-32-33-34-35-36-37-38-40-41-43-45-47-49-51-53-55-57-59-61-63-67(73)65-70(75)71-68(66-72)69(74)64-62-60-58-56-54-52-50-48-46-44-42-39-28-26-24-22-20-18-16-14-12-10-8-6-4-2/h46,48,54,56,62,64,67-69,72-74H,3-45,47,49-53,55,57-61,63,65-66H2,1-2H3,(H,71,75)/b48-46+,56-54+,64-62+. The van der Waals surface area contributed by atoms with Gasteiger partial charge in [-0.15, -0.1) is 0 Å². The monoisotopic (exact) mass is 1050 g/mol. The molecule has 0 bridgehead atoms. The Morgan fingerprint density at radius 3 is 0.853 bits per heavy atom. The third kappa shape index (κ3) is 61.6. The highest BCUT2D eigenvalue weighted by Crippen LogP contribution is 2.19. The largest absolute Gasteiger partial charge is 0.394 e. The lowest BCUT2D eigenvalue weighted by atomic mass is 10.0. The molecule has 0 saturated heterocycles. The highest BCUT2D eigenvalue weighted by molar-refractivity contribution is 5.76. The molecule has 3 unspecified atom stereocenters. The zero-order chi connectivity index (χ0) is 54.3. The van der Waals surface area contributed by atoms with E-state index in [2.05, 4.69) is 43.5 Å². The number of hydrogen-bond donors (Lipinski definition) is 4. The second-order valence-electron chi connectivity index (χ2n) is 23.8. The van der Waals surface area contributed by atoms with Gasteiger partial charge in [0.2, 0.25) is 5.91 Å². The summed E-state index contributed by atoms with van der Waals surface area (Å²) in [6, 6.07) is -0.768. The van der Waals surface area contributed by atoms with Crippen LogP contribution in [0.3, 0.4) is 0 Å². The molecule has 0 aromatic rings. The van der Waals surface area contributed by atoms with Crippen molar-refractivity contribution < 1.29 is 20.1 Å². The number of nitrogens with one attached hydrogen (secondary N) is 1. The maximum absolute atomic E-state index is 12.6. The van der Waals surface area contributed by atoms with Gasteiger partial charge in [-0.25, -0.2) is 0 Å². The number of allylic oxidation sites excluding steroid dienone is 5. The van der Waals surface area contributed by atoms with Crippen LogP contribution in [0.4, 0.5) is 0 Å². The number of rotatable bonds is 64. The summed E-state index contributed by atoms with van der Waals surface area (Å²) in [6.07, 6.45) is 86.9. The first-order chi connectivity index (χ1) is 37.0. The Kier molecular flexibility index (Phi) is 63.8. The number of carbonyl (C=O) groups is 1. The molecule has 4 N–H and O–H groups in total. The Labute approximate surface area is 470 Å². The van der Waals surface area contributed by atoms with E-state index in [1.54, 1.807) is 6.08 Å². The molecule has 0 radical (unpaired) electrons. The lowest BCUT2D eigenvalue weighted by molar-refractivity contribution is -0.124. The summed E-state index contributed by atoms with van der Waals surface area (Å²) in [5.74, 6) is -0.322. The molecule has 0 aromatic heterocycles. The van der Waals surface area contributed by atoms with Gasteiger partial charge in [0.05, 0.1) is 31.3 Å². The molecule has 5 nitrogen and oxygen atoms in total. The van der Waals surface area contributed by atoms with E-state index in [0.717, 1.165) is 38.5 Å². The minimum Gasteiger partial charge on any atom is -0.394 e. The fourth-order valence-electron chi connectivity index (χ4n) is 11.0. The molecule has 5 heteroatoms. The molecule has 0 fully saturated rings. The Morgan fingerprint density at radius 2 is 0.573 bits per heavy atom. The molecule has 1 amide bonds. The van der Waals surface area contributed by atoms with Crippen LogP contribution in [0.25, 0.3) is 0 Å². The summed E-state index contributed by atoms with van der Waals surface area (Å²) in [7, 11) is 0. The van der Waals surface area contributed by atoms with Gasteiger partial charge in [-0.05, 0) is 44.9 Å². The summed E-state index contributed by atoms with van der Waals surface area (Å²) in [5.41, 5.74) is 0.